The molecule has 0 bridgehead atoms. The Morgan fingerprint density at radius 3 is 2.71 bits per heavy atom. The van der Waals surface area contributed by atoms with Gasteiger partial charge in [-0.25, -0.2) is 4.79 Å². The lowest BCUT2D eigenvalue weighted by atomic mass is 10.1. The van der Waals surface area contributed by atoms with E-state index in [9.17, 15) is 9.59 Å². The van der Waals surface area contributed by atoms with E-state index in [1.807, 2.05) is 31.2 Å². The third-order valence-electron chi connectivity index (χ3n) is 2.83. The topological polar surface area (TPSA) is 93.2 Å². The van der Waals surface area contributed by atoms with Gasteiger partial charge in [-0.2, -0.15) is 0 Å². The fraction of sp³-hybridized carbons (Fsp3) is 0.333. The number of hydrogen-bond donors (Lipinski definition) is 2. The van der Waals surface area contributed by atoms with Crippen molar-refractivity contribution in [2.75, 3.05) is 17.7 Å². The van der Waals surface area contributed by atoms with Gasteiger partial charge < -0.3 is 10.1 Å². The zero-order valence-electron chi connectivity index (χ0n) is 13.4. The molecule has 0 fully saturated rings. The summed E-state index contributed by atoms with van der Waals surface area (Å²) in [7, 11) is 0. The molecule has 0 aliphatic heterocycles. The molecule has 2 rings (SSSR count). The molecule has 24 heavy (non-hydrogen) atoms. The van der Waals surface area contributed by atoms with Crippen LogP contribution in [0.15, 0.2) is 28.6 Å². The average molecular weight is 366 g/mol. The highest BCUT2D eigenvalue weighted by Gasteiger charge is 2.10. The van der Waals surface area contributed by atoms with Crippen molar-refractivity contribution in [1.82, 2.24) is 15.5 Å². The molecule has 128 valence electrons. The molecular weight excluding hydrogens is 348 g/mol. The molecule has 0 saturated heterocycles. The van der Waals surface area contributed by atoms with Gasteiger partial charge in [0.15, 0.2) is 4.34 Å². The number of amides is 2. The minimum Gasteiger partial charge on any atom is -0.450 e. The number of aromatic nitrogens is 2. The molecule has 0 aliphatic carbocycles. The van der Waals surface area contributed by atoms with Gasteiger partial charge in [0.1, 0.15) is 0 Å². The fourth-order valence-corrected chi connectivity index (χ4v) is 3.23. The van der Waals surface area contributed by atoms with E-state index < -0.39 is 6.09 Å². The van der Waals surface area contributed by atoms with E-state index in [4.69, 9.17) is 4.74 Å². The summed E-state index contributed by atoms with van der Waals surface area (Å²) in [5.74, 6) is 0.149. The van der Waals surface area contributed by atoms with Crippen LogP contribution >= 0.6 is 23.1 Å². The molecule has 0 spiro atoms. The monoisotopic (exact) mass is 366 g/mol. The second-order valence-corrected chi connectivity index (χ2v) is 6.97. The first kappa shape index (κ1) is 18.2. The summed E-state index contributed by atoms with van der Waals surface area (Å²) < 4.78 is 5.36. The molecule has 2 amide bonds. The molecule has 0 saturated carbocycles. The predicted octanol–water partition coefficient (Wildman–Crippen LogP) is 2.82. The number of carbonyl (C=O) groups excluding carboxylic acids is 2. The van der Waals surface area contributed by atoms with Gasteiger partial charge in [0.05, 0.1) is 12.4 Å². The second-order valence-electron chi connectivity index (χ2n) is 4.77. The van der Waals surface area contributed by atoms with Gasteiger partial charge in [-0.3, -0.25) is 10.1 Å². The van der Waals surface area contributed by atoms with Crippen LogP contribution in [0.1, 0.15) is 18.1 Å². The molecule has 0 radical (unpaired) electrons. The number of anilines is 1. The highest BCUT2D eigenvalue weighted by molar-refractivity contribution is 8.01. The van der Waals surface area contributed by atoms with E-state index >= 15 is 0 Å². The van der Waals surface area contributed by atoms with Crippen molar-refractivity contribution in [2.45, 2.75) is 24.7 Å². The van der Waals surface area contributed by atoms with E-state index in [1.165, 1.54) is 28.7 Å². The number of hydrogen-bond acceptors (Lipinski definition) is 7. The number of nitrogens with one attached hydrogen (secondary N) is 2. The van der Waals surface area contributed by atoms with Crippen LogP contribution in [0.25, 0.3) is 0 Å². The smallest absolute Gasteiger partial charge is 0.413 e. The van der Waals surface area contributed by atoms with Gasteiger partial charge in [-0.05, 0) is 19.4 Å². The summed E-state index contributed by atoms with van der Waals surface area (Å²) >= 11 is 2.46. The molecule has 7 nitrogen and oxygen atoms in total. The largest absolute Gasteiger partial charge is 0.450 e. The maximum atomic E-state index is 11.9. The standard InChI is InChI=1S/C15H18N4O3S2/c1-3-22-14(21)17-13-18-19-15(24-13)23-9-12(20)16-8-11-6-4-10(2)5-7-11/h4-7H,3,8-9H2,1-2H3,(H,16,20)(H,17,18,21). The van der Waals surface area contributed by atoms with Crippen molar-refractivity contribution < 1.29 is 14.3 Å². The zero-order chi connectivity index (χ0) is 17.4. The Morgan fingerprint density at radius 2 is 2.00 bits per heavy atom. The quantitative estimate of drug-likeness (QED) is 0.578. The third-order valence-corrected chi connectivity index (χ3v) is 4.80. The summed E-state index contributed by atoms with van der Waals surface area (Å²) in [5.41, 5.74) is 2.24. The fourth-order valence-electron chi connectivity index (χ4n) is 1.66. The van der Waals surface area contributed by atoms with E-state index in [0.29, 0.717) is 16.0 Å². The van der Waals surface area contributed by atoms with Gasteiger partial charge in [-0.1, -0.05) is 52.9 Å². The SMILES string of the molecule is CCOC(=O)Nc1nnc(SCC(=O)NCc2ccc(C)cc2)s1. The Labute approximate surface area is 148 Å². The Kier molecular flexibility index (Phi) is 7.01. The lowest BCUT2D eigenvalue weighted by Crippen LogP contribution is -2.24. The first-order chi connectivity index (χ1) is 11.6. The van der Waals surface area contributed by atoms with Gasteiger partial charge in [0.2, 0.25) is 11.0 Å². The van der Waals surface area contributed by atoms with Crippen LogP contribution in [-0.4, -0.2) is 34.6 Å². The van der Waals surface area contributed by atoms with Crippen molar-refractivity contribution in [2.24, 2.45) is 0 Å². The minimum atomic E-state index is -0.568. The number of carbonyl (C=O) groups is 2. The van der Waals surface area contributed by atoms with Crippen LogP contribution in [0.4, 0.5) is 9.93 Å². The molecule has 2 N–H and O–H groups in total. The average Bonchev–Trinajstić information content (AvgIpc) is 3.00. The molecule has 1 heterocycles. The highest BCUT2D eigenvalue weighted by Crippen LogP contribution is 2.25. The van der Waals surface area contributed by atoms with E-state index in [0.717, 1.165) is 5.56 Å². The number of thioether (sulfide) groups is 1. The lowest BCUT2D eigenvalue weighted by molar-refractivity contribution is -0.118. The third kappa shape index (κ3) is 6.17. The van der Waals surface area contributed by atoms with Crippen molar-refractivity contribution >= 4 is 40.2 Å². The number of ether oxygens (including phenoxy) is 1. The maximum Gasteiger partial charge on any atom is 0.413 e. The molecular formula is C15H18N4O3S2. The van der Waals surface area contributed by atoms with Gasteiger partial charge >= 0.3 is 6.09 Å². The van der Waals surface area contributed by atoms with Crippen molar-refractivity contribution in [3.8, 4) is 0 Å². The first-order valence-electron chi connectivity index (χ1n) is 7.29. The van der Waals surface area contributed by atoms with Gasteiger partial charge in [-0.15, -0.1) is 10.2 Å². The molecule has 0 atom stereocenters. The van der Waals surface area contributed by atoms with Crippen LogP contribution in [0.2, 0.25) is 0 Å². The Hall–Kier alpha value is -2.13. The van der Waals surface area contributed by atoms with Crippen molar-refractivity contribution in [1.29, 1.82) is 0 Å². The lowest BCUT2D eigenvalue weighted by Gasteiger charge is -2.04. The maximum absolute atomic E-state index is 11.9. The van der Waals surface area contributed by atoms with Gasteiger partial charge in [0.25, 0.3) is 0 Å². The minimum absolute atomic E-state index is 0.0873. The molecule has 1 aromatic heterocycles. The summed E-state index contributed by atoms with van der Waals surface area (Å²) in [6, 6.07) is 7.99. The van der Waals surface area contributed by atoms with Crippen molar-refractivity contribution in [3.63, 3.8) is 0 Å². The molecule has 0 unspecified atom stereocenters. The van der Waals surface area contributed by atoms with Crippen LogP contribution < -0.4 is 10.6 Å². The number of aryl methyl sites for hydroxylation is 1. The van der Waals surface area contributed by atoms with Crippen LogP contribution in [0.5, 0.6) is 0 Å². The molecule has 9 heteroatoms. The van der Waals surface area contributed by atoms with Crippen molar-refractivity contribution in [3.05, 3.63) is 35.4 Å². The Balaban J connectivity index is 1.72. The predicted molar refractivity (Wildman–Crippen MR) is 94.3 cm³/mol. The van der Waals surface area contributed by atoms with E-state index in [2.05, 4.69) is 20.8 Å². The molecule has 1 aromatic carbocycles. The highest BCUT2D eigenvalue weighted by atomic mass is 32.2. The normalized spacial score (nSPS) is 10.2. The van der Waals surface area contributed by atoms with Crippen LogP contribution in [-0.2, 0) is 16.1 Å². The zero-order valence-corrected chi connectivity index (χ0v) is 15.0. The van der Waals surface area contributed by atoms with E-state index in [-0.39, 0.29) is 18.3 Å². The first-order valence-corrected chi connectivity index (χ1v) is 9.09. The summed E-state index contributed by atoms with van der Waals surface area (Å²) in [5, 5.41) is 13.4. The molecule has 0 aliphatic rings. The Bertz CT molecular complexity index is 688. The molecule has 2 aromatic rings. The van der Waals surface area contributed by atoms with Crippen LogP contribution in [0.3, 0.4) is 0 Å². The number of rotatable bonds is 7. The Morgan fingerprint density at radius 1 is 1.25 bits per heavy atom. The number of nitrogens with zero attached hydrogens (tertiary/aromatic N) is 2. The van der Waals surface area contributed by atoms with Gasteiger partial charge in [0, 0.05) is 6.54 Å². The van der Waals surface area contributed by atoms with E-state index in [1.54, 1.807) is 6.92 Å². The van der Waals surface area contributed by atoms with Crippen LogP contribution in [0, 0.1) is 6.92 Å². The summed E-state index contributed by atoms with van der Waals surface area (Å²) in [4.78, 5) is 23.1. The summed E-state index contributed by atoms with van der Waals surface area (Å²) in [6.45, 7) is 4.52. The summed E-state index contributed by atoms with van der Waals surface area (Å²) in [6.07, 6.45) is -0.568. The second kappa shape index (κ2) is 9.24. The number of benzene rings is 1.